The van der Waals surface area contributed by atoms with Crippen molar-refractivity contribution in [2.75, 3.05) is 0 Å². The molecule has 4 nitrogen and oxygen atoms in total. The summed E-state index contributed by atoms with van der Waals surface area (Å²) in [5.41, 5.74) is 8.52. The van der Waals surface area contributed by atoms with Crippen LogP contribution in [0.4, 0.5) is 4.79 Å². The van der Waals surface area contributed by atoms with Gasteiger partial charge in [0, 0.05) is 0 Å². The number of epoxide rings is 1. The normalized spacial score (nSPS) is 30.0. The predicted molar refractivity (Wildman–Crippen MR) is 34.0 cm³/mol. The number of hydrogen-bond acceptors (Lipinski definition) is 2. The highest BCUT2D eigenvalue weighted by molar-refractivity contribution is 6.21. The summed E-state index contributed by atoms with van der Waals surface area (Å²) in [4.78, 5) is 9.00. The molecular formula is C4H9ClN2O2. The van der Waals surface area contributed by atoms with E-state index in [0.717, 1.165) is 0 Å². The molecule has 1 saturated heterocycles. The molecule has 1 rings (SSSR count). The number of primary amides is 2. The second kappa shape index (κ2) is 3.53. The number of halogens is 1. The van der Waals surface area contributed by atoms with Crippen LogP contribution in [-0.2, 0) is 4.74 Å². The van der Waals surface area contributed by atoms with Crippen molar-refractivity contribution in [3.8, 4) is 0 Å². The third-order valence-corrected chi connectivity index (χ3v) is 1.09. The highest BCUT2D eigenvalue weighted by Crippen LogP contribution is 2.23. The van der Waals surface area contributed by atoms with Crippen LogP contribution in [0.1, 0.15) is 6.92 Å². The maximum absolute atomic E-state index is 9.00. The number of amides is 2. The van der Waals surface area contributed by atoms with Crippen LogP contribution < -0.4 is 11.5 Å². The van der Waals surface area contributed by atoms with E-state index in [-0.39, 0.29) is 5.56 Å². The summed E-state index contributed by atoms with van der Waals surface area (Å²) < 4.78 is 4.68. The molecule has 0 saturated carbocycles. The number of rotatable bonds is 0. The predicted octanol–water partition coefficient (Wildman–Crippen LogP) is -0.00620. The van der Waals surface area contributed by atoms with Crippen LogP contribution in [0.5, 0.6) is 0 Å². The molecule has 4 N–H and O–H groups in total. The number of alkyl halides is 1. The van der Waals surface area contributed by atoms with Crippen molar-refractivity contribution in [3.05, 3.63) is 0 Å². The molecule has 0 aromatic heterocycles. The molecule has 2 atom stereocenters. The van der Waals surface area contributed by atoms with Crippen LogP contribution in [0.25, 0.3) is 0 Å². The summed E-state index contributed by atoms with van der Waals surface area (Å²) in [6, 6.07) is -0.833. The summed E-state index contributed by atoms with van der Waals surface area (Å²) in [6.07, 6.45) is 0.316. The second-order valence-electron chi connectivity index (χ2n) is 1.59. The average Bonchev–Trinajstić information content (AvgIpc) is 2.16. The second-order valence-corrected chi connectivity index (χ2v) is 2.02. The van der Waals surface area contributed by atoms with Crippen LogP contribution in [0.3, 0.4) is 0 Å². The minimum Gasteiger partial charge on any atom is -0.353 e. The van der Waals surface area contributed by atoms with Gasteiger partial charge in [-0.15, -0.1) is 0 Å². The molecule has 0 aromatic carbocycles. The lowest BCUT2D eigenvalue weighted by atomic mass is 10.6. The van der Waals surface area contributed by atoms with Crippen LogP contribution in [-0.4, -0.2) is 17.7 Å². The maximum Gasteiger partial charge on any atom is 0.309 e. The monoisotopic (exact) mass is 152 g/mol. The largest absolute Gasteiger partial charge is 0.353 e. The number of hydrogen-bond donors (Lipinski definition) is 2. The molecule has 1 aliphatic rings. The minimum atomic E-state index is -0.833. The Kier molecular flexibility index (Phi) is 3.34. The molecule has 0 radical (unpaired) electrons. The number of ether oxygens (including phenoxy) is 1. The number of carbonyl (C=O) groups is 1. The number of nitrogens with two attached hydrogens (primary N) is 2. The molecule has 2 unspecified atom stereocenters. The van der Waals surface area contributed by atoms with Crippen molar-refractivity contribution in [1.29, 1.82) is 0 Å². The standard InChI is InChI=1S/C3H5ClO.CH4N2O/c1-2-3(4)5-2;2-1(3)4/h2-3H,1H3;(H4,2,3,4). The van der Waals surface area contributed by atoms with Crippen molar-refractivity contribution in [2.45, 2.75) is 18.6 Å². The zero-order valence-corrected chi connectivity index (χ0v) is 5.76. The molecule has 0 spiro atoms. The Labute approximate surface area is 58.1 Å². The molecule has 0 bridgehead atoms. The zero-order valence-electron chi connectivity index (χ0n) is 5.00. The Balaban J connectivity index is 0.000000148. The lowest BCUT2D eigenvalue weighted by molar-refractivity contribution is 0.256. The van der Waals surface area contributed by atoms with Gasteiger partial charge in [-0.3, -0.25) is 0 Å². The van der Waals surface area contributed by atoms with E-state index in [1.54, 1.807) is 0 Å². The molecular weight excluding hydrogens is 144 g/mol. The first kappa shape index (κ1) is 8.52. The minimum absolute atomic E-state index is 0.0231. The van der Waals surface area contributed by atoms with Crippen molar-refractivity contribution >= 4 is 17.6 Å². The Morgan fingerprint density at radius 3 is 1.78 bits per heavy atom. The summed E-state index contributed by atoms with van der Waals surface area (Å²) in [5, 5.41) is 0. The maximum atomic E-state index is 9.00. The SMILES string of the molecule is CC1OC1Cl.NC(N)=O. The van der Waals surface area contributed by atoms with Crippen molar-refractivity contribution in [2.24, 2.45) is 11.5 Å². The van der Waals surface area contributed by atoms with E-state index in [1.807, 2.05) is 6.92 Å². The number of urea groups is 1. The average molecular weight is 153 g/mol. The van der Waals surface area contributed by atoms with E-state index < -0.39 is 6.03 Å². The fraction of sp³-hybridized carbons (Fsp3) is 0.750. The lowest BCUT2D eigenvalue weighted by Crippen LogP contribution is -2.18. The van der Waals surface area contributed by atoms with Gasteiger partial charge >= 0.3 is 6.03 Å². The van der Waals surface area contributed by atoms with Gasteiger partial charge in [0.2, 0.25) is 0 Å². The summed E-state index contributed by atoms with van der Waals surface area (Å²) in [6.45, 7) is 1.94. The smallest absolute Gasteiger partial charge is 0.309 e. The Bertz CT molecular complexity index is 98.7. The fourth-order valence-electron chi connectivity index (χ4n) is 0.160. The number of carbonyl (C=O) groups excluding carboxylic acids is 1. The van der Waals surface area contributed by atoms with Gasteiger partial charge in [-0.1, -0.05) is 11.6 Å². The Morgan fingerprint density at radius 2 is 1.78 bits per heavy atom. The molecule has 1 aliphatic heterocycles. The summed E-state index contributed by atoms with van der Waals surface area (Å²) >= 11 is 5.31. The summed E-state index contributed by atoms with van der Waals surface area (Å²) in [5.74, 6) is 0. The van der Waals surface area contributed by atoms with E-state index >= 15 is 0 Å². The summed E-state index contributed by atoms with van der Waals surface area (Å²) in [7, 11) is 0. The quantitative estimate of drug-likeness (QED) is 0.378. The molecule has 2 amide bonds. The van der Waals surface area contributed by atoms with Gasteiger partial charge in [0.05, 0.1) is 6.10 Å². The first-order valence-corrected chi connectivity index (χ1v) is 2.82. The Hall–Kier alpha value is -0.480. The van der Waals surface area contributed by atoms with Crippen molar-refractivity contribution < 1.29 is 9.53 Å². The Morgan fingerprint density at radius 1 is 1.67 bits per heavy atom. The molecule has 1 fully saturated rings. The van der Waals surface area contributed by atoms with Crippen molar-refractivity contribution in [3.63, 3.8) is 0 Å². The van der Waals surface area contributed by atoms with E-state index in [9.17, 15) is 0 Å². The van der Waals surface area contributed by atoms with Crippen LogP contribution >= 0.6 is 11.6 Å². The van der Waals surface area contributed by atoms with Crippen LogP contribution in [0.15, 0.2) is 0 Å². The third kappa shape index (κ3) is 7.52. The van der Waals surface area contributed by atoms with E-state index in [2.05, 4.69) is 16.2 Å². The molecule has 1 heterocycles. The first-order valence-electron chi connectivity index (χ1n) is 2.38. The first-order chi connectivity index (χ1) is 4.04. The van der Waals surface area contributed by atoms with Gasteiger partial charge in [-0.05, 0) is 6.92 Å². The van der Waals surface area contributed by atoms with Gasteiger partial charge in [0.15, 0.2) is 5.56 Å². The molecule has 54 valence electrons. The highest BCUT2D eigenvalue weighted by atomic mass is 35.5. The lowest BCUT2D eigenvalue weighted by Gasteiger charge is -1.62. The topological polar surface area (TPSA) is 81.6 Å². The third-order valence-electron chi connectivity index (χ3n) is 0.637. The van der Waals surface area contributed by atoms with Gasteiger partial charge < -0.3 is 16.2 Å². The van der Waals surface area contributed by atoms with E-state index in [1.165, 1.54) is 0 Å². The van der Waals surface area contributed by atoms with Gasteiger partial charge in [-0.25, -0.2) is 4.79 Å². The van der Waals surface area contributed by atoms with E-state index in [4.69, 9.17) is 16.4 Å². The fourth-order valence-corrected chi connectivity index (χ4v) is 0.322. The van der Waals surface area contributed by atoms with Crippen molar-refractivity contribution in [1.82, 2.24) is 0 Å². The van der Waals surface area contributed by atoms with Gasteiger partial charge in [0.25, 0.3) is 0 Å². The van der Waals surface area contributed by atoms with Gasteiger partial charge in [0.1, 0.15) is 0 Å². The molecule has 0 aliphatic carbocycles. The zero-order chi connectivity index (χ0) is 7.44. The van der Waals surface area contributed by atoms with Crippen LogP contribution in [0, 0.1) is 0 Å². The van der Waals surface area contributed by atoms with E-state index in [0.29, 0.717) is 6.10 Å². The highest BCUT2D eigenvalue weighted by Gasteiger charge is 2.30. The van der Waals surface area contributed by atoms with Crippen LogP contribution in [0.2, 0.25) is 0 Å². The molecule has 0 aromatic rings. The van der Waals surface area contributed by atoms with Gasteiger partial charge in [-0.2, -0.15) is 0 Å². The molecule has 5 heteroatoms. The molecule has 9 heavy (non-hydrogen) atoms.